The van der Waals surface area contributed by atoms with Gasteiger partial charge in [0.25, 0.3) is 0 Å². The van der Waals surface area contributed by atoms with E-state index in [2.05, 4.69) is 0 Å². The molecular weight excluding hydrogens is 302 g/mol. The first-order valence-corrected chi connectivity index (χ1v) is 8.66. The summed E-state index contributed by atoms with van der Waals surface area (Å²) < 4.78 is 32.7. The number of carbonyl (C=O) groups is 1. The minimum atomic E-state index is -2.59. The van der Waals surface area contributed by atoms with E-state index in [1.807, 2.05) is 20.8 Å². The van der Waals surface area contributed by atoms with E-state index in [1.165, 1.54) is 0 Å². The summed E-state index contributed by atoms with van der Waals surface area (Å²) in [6.07, 6.45) is 2.89. The van der Waals surface area contributed by atoms with Gasteiger partial charge in [0.2, 0.25) is 5.92 Å². The van der Waals surface area contributed by atoms with Crippen LogP contribution in [0.15, 0.2) is 0 Å². The van der Waals surface area contributed by atoms with E-state index in [1.54, 1.807) is 4.90 Å². The Morgan fingerprint density at radius 2 is 1.83 bits per heavy atom. The van der Waals surface area contributed by atoms with E-state index in [-0.39, 0.29) is 25.0 Å². The smallest absolute Gasteiger partial charge is 0.410 e. The molecule has 4 nitrogen and oxygen atoms in total. The van der Waals surface area contributed by atoms with Crippen molar-refractivity contribution >= 4 is 6.09 Å². The highest BCUT2D eigenvalue weighted by molar-refractivity contribution is 5.68. The SMILES string of the molecule is CC(C)(C)OC(=O)N1CCCCC1C1(CN)CCC(F)(F)CC1. The lowest BCUT2D eigenvalue weighted by Gasteiger charge is -2.50. The van der Waals surface area contributed by atoms with Crippen LogP contribution in [-0.2, 0) is 4.74 Å². The first-order valence-electron chi connectivity index (χ1n) is 8.66. The number of carbonyl (C=O) groups excluding carboxylic acids is 1. The number of hydrogen-bond acceptors (Lipinski definition) is 3. The third-order valence-corrected chi connectivity index (χ3v) is 5.22. The Bertz CT molecular complexity index is 425. The van der Waals surface area contributed by atoms with Crippen LogP contribution in [0.5, 0.6) is 0 Å². The third-order valence-electron chi connectivity index (χ3n) is 5.22. The second-order valence-corrected chi connectivity index (χ2v) is 8.11. The summed E-state index contributed by atoms with van der Waals surface area (Å²) in [6.45, 7) is 6.47. The molecule has 0 spiro atoms. The first-order chi connectivity index (χ1) is 10.6. The van der Waals surface area contributed by atoms with Gasteiger partial charge in [0.15, 0.2) is 0 Å². The van der Waals surface area contributed by atoms with Gasteiger partial charge in [0.1, 0.15) is 5.60 Å². The average Bonchev–Trinajstić information content (AvgIpc) is 2.46. The molecule has 0 radical (unpaired) electrons. The number of piperidine rings is 1. The van der Waals surface area contributed by atoms with Gasteiger partial charge in [0.05, 0.1) is 0 Å². The fourth-order valence-electron chi connectivity index (χ4n) is 3.89. The molecule has 0 bridgehead atoms. The van der Waals surface area contributed by atoms with Crippen LogP contribution in [0.4, 0.5) is 13.6 Å². The van der Waals surface area contributed by atoms with Gasteiger partial charge in [-0.15, -0.1) is 0 Å². The number of amides is 1. The molecule has 0 aromatic carbocycles. The Balaban J connectivity index is 2.17. The van der Waals surface area contributed by atoms with E-state index in [4.69, 9.17) is 10.5 Å². The molecule has 6 heteroatoms. The number of rotatable bonds is 2. The maximum atomic E-state index is 13.6. The zero-order chi connectivity index (χ0) is 17.3. The molecule has 2 aliphatic rings. The Hall–Kier alpha value is -0.910. The summed E-state index contributed by atoms with van der Waals surface area (Å²) in [7, 11) is 0. The van der Waals surface area contributed by atoms with Gasteiger partial charge >= 0.3 is 6.09 Å². The lowest BCUT2D eigenvalue weighted by Crippen LogP contribution is -2.58. The minimum absolute atomic E-state index is 0.0906. The van der Waals surface area contributed by atoms with Crippen molar-refractivity contribution in [2.45, 2.75) is 83.3 Å². The van der Waals surface area contributed by atoms with E-state index in [0.717, 1.165) is 19.3 Å². The van der Waals surface area contributed by atoms with Crippen molar-refractivity contribution in [2.75, 3.05) is 13.1 Å². The summed E-state index contributed by atoms with van der Waals surface area (Å²) in [4.78, 5) is 14.3. The second kappa shape index (κ2) is 6.54. The quantitative estimate of drug-likeness (QED) is 0.833. The molecule has 1 aliphatic carbocycles. The number of halogens is 2. The molecule has 1 amide bonds. The highest BCUT2D eigenvalue weighted by Crippen LogP contribution is 2.48. The largest absolute Gasteiger partial charge is 0.444 e. The van der Waals surface area contributed by atoms with Crippen molar-refractivity contribution in [3.8, 4) is 0 Å². The average molecular weight is 332 g/mol. The third kappa shape index (κ3) is 4.34. The Labute approximate surface area is 137 Å². The second-order valence-electron chi connectivity index (χ2n) is 8.11. The van der Waals surface area contributed by atoms with Gasteiger partial charge in [-0.1, -0.05) is 0 Å². The zero-order valence-corrected chi connectivity index (χ0v) is 14.5. The molecule has 23 heavy (non-hydrogen) atoms. The van der Waals surface area contributed by atoms with Gasteiger partial charge in [0, 0.05) is 30.8 Å². The Morgan fingerprint density at radius 3 is 2.35 bits per heavy atom. The normalized spacial score (nSPS) is 27.6. The maximum Gasteiger partial charge on any atom is 0.410 e. The molecular formula is C17H30F2N2O2. The van der Waals surface area contributed by atoms with Gasteiger partial charge in [-0.3, -0.25) is 0 Å². The predicted molar refractivity (Wildman–Crippen MR) is 85.5 cm³/mol. The molecule has 2 fully saturated rings. The molecule has 0 aromatic rings. The van der Waals surface area contributed by atoms with Crippen LogP contribution < -0.4 is 5.73 Å². The van der Waals surface area contributed by atoms with Crippen molar-refractivity contribution < 1.29 is 18.3 Å². The number of nitrogens with zero attached hydrogens (tertiary/aromatic N) is 1. The summed E-state index contributed by atoms with van der Waals surface area (Å²) in [5.74, 6) is -2.59. The van der Waals surface area contributed by atoms with Crippen molar-refractivity contribution in [3.05, 3.63) is 0 Å². The van der Waals surface area contributed by atoms with Crippen LogP contribution >= 0.6 is 0 Å². The minimum Gasteiger partial charge on any atom is -0.444 e. The van der Waals surface area contributed by atoms with E-state index in [9.17, 15) is 13.6 Å². The summed E-state index contributed by atoms with van der Waals surface area (Å²) in [5, 5.41) is 0. The van der Waals surface area contributed by atoms with Crippen LogP contribution in [0.3, 0.4) is 0 Å². The fraction of sp³-hybridized carbons (Fsp3) is 0.941. The van der Waals surface area contributed by atoms with Crippen molar-refractivity contribution in [1.29, 1.82) is 0 Å². The molecule has 1 atom stereocenters. The lowest BCUT2D eigenvalue weighted by atomic mass is 9.65. The van der Waals surface area contributed by atoms with E-state index < -0.39 is 16.9 Å². The van der Waals surface area contributed by atoms with Gasteiger partial charge in [-0.2, -0.15) is 0 Å². The van der Waals surface area contributed by atoms with E-state index in [0.29, 0.717) is 25.9 Å². The van der Waals surface area contributed by atoms with Gasteiger partial charge in [-0.05, 0) is 59.4 Å². The van der Waals surface area contributed by atoms with Crippen LogP contribution in [0.1, 0.15) is 65.7 Å². The summed E-state index contributed by atoms with van der Waals surface area (Å²) >= 11 is 0. The number of likely N-dealkylation sites (tertiary alicyclic amines) is 1. The number of alkyl halides is 2. The van der Waals surface area contributed by atoms with Crippen molar-refractivity contribution in [2.24, 2.45) is 11.1 Å². The zero-order valence-electron chi connectivity index (χ0n) is 14.5. The molecule has 1 saturated heterocycles. The van der Waals surface area contributed by atoms with Crippen LogP contribution in [0.2, 0.25) is 0 Å². The van der Waals surface area contributed by atoms with E-state index >= 15 is 0 Å². The lowest BCUT2D eigenvalue weighted by molar-refractivity contribution is -0.0912. The van der Waals surface area contributed by atoms with Crippen LogP contribution in [0, 0.1) is 5.41 Å². The Morgan fingerprint density at radius 1 is 1.22 bits per heavy atom. The summed E-state index contributed by atoms with van der Waals surface area (Å²) in [5.41, 5.74) is 5.06. The topological polar surface area (TPSA) is 55.6 Å². The molecule has 1 aliphatic heterocycles. The van der Waals surface area contributed by atoms with Crippen molar-refractivity contribution in [1.82, 2.24) is 4.90 Å². The molecule has 2 N–H and O–H groups in total. The highest BCUT2D eigenvalue weighted by atomic mass is 19.3. The summed E-state index contributed by atoms with van der Waals surface area (Å²) in [6, 6.07) is -0.0906. The number of nitrogens with two attached hydrogens (primary N) is 1. The van der Waals surface area contributed by atoms with Gasteiger partial charge < -0.3 is 15.4 Å². The standard InChI is InChI=1S/C17H30F2N2O2/c1-15(2,3)23-14(22)21-11-5-4-6-13(21)16(12-20)7-9-17(18,19)10-8-16/h13H,4-12,20H2,1-3H3. The number of ether oxygens (including phenoxy) is 1. The molecule has 1 saturated carbocycles. The van der Waals surface area contributed by atoms with Crippen LogP contribution in [0.25, 0.3) is 0 Å². The molecule has 1 unspecified atom stereocenters. The fourth-order valence-corrected chi connectivity index (χ4v) is 3.89. The highest BCUT2D eigenvalue weighted by Gasteiger charge is 2.50. The molecule has 2 rings (SSSR count). The first kappa shape index (κ1) is 18.4. The van der Waals surface area contributed by atoms with Crippen molar-refractivity contribution in [3.63, 3.8) is 0 Å². The van der Waals surface area contributed by atoms with Crippen LogP contribution in [-0.4, -0.2) is 41.6 Å². The predicted octanol–water partition coefficient (Wildman–Crippen LogP) is 3.93. The maximum absolute atomic E-state index is 13.6. The number of hydrogen-bond donors (Lipinski definition) is 1. The monoisotopic (exact) mass is 332 g/mol. The van der Waals surface area contributed by atoms with Gasteiger partial charge in [-0.25, -0.2) is 13.6 Å². The molecule has 1 heterocycles. The Kier molecular flexibility index (Phi) is 5.24. The molecule has 134 valence electrons. The molecule has 0 aromatic heterocycles.